The summed E-state index contributed by atoms with van der Waals surface area (Å²) in [5.41, 5.74) is 5.15. The fourth-order valence-corrected chi connectivity index (χ4v) is 1.54. The molecule has 0 bridgehead atoms. The molecule has 0 unspecified atom stereocenters. The summed E-state index contributed by atoms with van der Waals surface area (Å²) in [7, 11) is 0. The van der Waals surface area contributed by atoms with Crippen LogP contribution in [0.5, 0.6) is 0 Å². The summed E-state index contributed by atoms with van der Waals surface area (Å²) >= 11 is 1.38. The summed E-state index contributed by atoms with van der Waals surface area (Å²) in [4.78, 5) is 11.4. The van der Waals surface area contributed by atoms with Crippen molar-refractivity contribution in [2.75, 3.05) is 12.3 Å². The highest BCUT2D eigenvalue weighted by Gasteiger charge is 2.25. The van der Waals surface area contributed by atoms with E-state index in [0.717, 1.165) is 12.2 Å². The lowest BCUT2D eigenvalue weighted by Gasteiger charge is -2.20. The Kier molecular flexibility index (Phi) is 4.77. The van der Waals surface area contributed by atoms with Gasteiger partial charge in [0, 0.05) is 5.41 Å². The fourth-order valence-electron chi connectivity index (χ4n) is 0.789. The second-order valence-corrected chi connectivity index (χ2v) is 4.38. The van der Waals surface area contributed by atoms with E-state index in [0.29, 0.717) is 6.54 Å². The van der Waals surface area contributed by atoms with Crippen molar-refractivity contribution in [1.29, 1.82) is 0 Å². The monoisotopic (exact) mass is 175 g/mol. The van der Waals surface area contributed by atoms with Gasteiger partial charge in [-0.15, -0.1) is 0 Å². The van der Waals surface area contributed by atoms with Crippen molar-refractivity contribution >= 4 is 16.9 Å². The van der Waals surface area contributed by atoms with Gasteiger partial charge >= 0.3 is 0 Å². The molecule has 0 aliphatic heterocycles. The molecule has 0 aromatic rings. The van der Waals surface area contributed by atoms with Crippen LogP contribution in [0.15, 0.2) is 0 Å². The largest absolute Gasteiger partial charge is 0.330 e. The predicted octanol–water partition coefficient (Wildman–Crippen LogP) is 1.64. The number of carbonyl (C=O) groups is 1. The van der Waals surface area contributed by atoms with E-state index in [1.54, 1.807) is 0 Å². The predicted molar refractivity (Wildman–Crippen MR) is 50.6 cm³/mol. The maximum atomic E-state index is 11.4. The molecule has 0 heterocycles. The van der Waals surface area contributed by atoms with Crippen molar-refractivity contribution in [1.82, 2.24) is 0 Å². The van der Waals surface area contributed by atoms with Gasteiger partial charge in [0.25, 0.3) is 0 Å². The van der Waals surface area contributed by atoms with E-state index in [1.807, 2.05) is 20.8 Å². The number of carbonyl (C=O) groups excluding carboxylic acids is 1. The van der Waals surface area contributed by atoms with Crippen LogP contribution in [0.1, 0.15) is 27.2 Å². The third kappa shape index (κ3) is 3.77. The first kappa shape index (κ1) is 11.0. The Labute approximate surface area is 72.9 Å². The minimum absolute atomic E-state index is 0.241. The Morgan fingerprint density at radius 3 is 2.45 bits per heavy atom. The van der Waals surface area contributed by atoms with E-state index in [9.17, 15) is 4.79 Å². The first-order valence-corrected chi connectivity index (χ1v) is 4.90. The minimum atomic E-state index is -0.241. The topological polar surface area (TPSA) is 43.1 Å². The molecule has 0 aromatic carbocycles. The molecule has 0 radical (unpaired) electrons. The summed E-state index contributed by atoms with van der Waals surface area (Å²) in [6.45, 7) is 6.47. The van der Waals surface area contributed by atoms with Gasteiger partial charge in [0.05, 0.1) is 0 Å². The molecular weight excluding hydrogens is 158 g/mol. The Morgan fingerprint density at radius 1 is 1.55 bits per heavy atom. The van der Waals surface area contributed by atoms with E-state index in [4.69, 9.17) is 5.73 Å². The molecule has 0 spiro atoms. The van der Waals surface area contributed by atoms with Crippen LogP contribution >= 0.6 is 11.8 Å². The van der Waals surface area contributed by atoms with Gasteiger partial charge in [0.15, 0.2) is 5.12 Å². The van der Waals surface area contributed by atoms with E-state index in [2.05, 4.69) is 0 Å². The van der Waals surface area contributed by atoms with Crippen molar-refractivity contribution in [2.45, 2.75) is 27.2 Å². The molecule has 0 rings (SSSR count). The van der Waals surface area contributed by atoms with E-state index < -0.39 is 0 Å². The second kappa shape index (κ2) is 4.78. The van der Waals surface area contributed by atoms with Gasteiger partial charge in [0.1, 0.15) is 0 Å². The highest BCUT2D eigenvalue weighted by atomic mass is 32.2. The van der Waals surface area contributed by atoms with Crippen LogP contribution in [-0.2, 0) is 4.79 Å². The number of nitrogens with two attached hydrogens (primary N) is 1. The molecule has 0 saturated carbocycles. The van der Waals surface area contributed by atoms with E-state index in [-0.39, 0.29) is 10.5 Å². The molecular formula is C8H17NOS. The molecule has 0 aliphatic carbocycles. The molecule has 3 heteroatoms. The molecule has 0 aliphatic rings. The van der Waals surface area contributed by atoms with Crippen molar-refractivity contribution in [3.05, 3.63) is 0 Å². The molecule has 66 valence electrons. The Morgan fingerprint density at radius 2 is 2.09 bits per heavy atom. The lowest BCUT2D eigenvalue weighted by Crippen LogP contribution is -2.24. The average Bonchev–Trinajstić information content (AvgIpc) is 1.88. The molecule has 0 atom stereocenters. The standard InChI is InChI=1S/C8H17NOS/c1-4-11-7(10)8(2,3)5-6-9/h4-6,9H2,1-3H3. The lowest BCUT2D eigenvalue weighted by atomic mass is 9.91. The highest BCUT2D eigenvalue weighted by molar-refractivity contribution is 8.13. The first-order chi connectivity index (χ1) is 5.04. The van der Waals surface area contributed by atoms with Crippen LogP contribution in [0.25, 0.3) is 0 Å². The SMILES string of the molecule is CCSC(=O)C(C)(C)CCN. The Balaban J connectivity index is 3.94. The smallest absolute Gasteiger partial charge is 0.194 e. The summed E-state index contributed by atoms with van der Waals surface area (Å²) in [6, 6.07) is 0. The summed E-state index contributed by atoms with van der Waals surface area (Å²) < 4.78 is 0. The third-order valence-electron chi connectivity index (χ3n) is 1.60. The summed E-state index contributed by atoms with van der Waals surface area (Å²) in [5, 5.41) is 0.255. The van der Waals surface area contributed by atoms with Crippen LogP contribution in [0.2, 0.25) is 0 Å². The molecule has 0 aromatic heterocycles. The van der Waals surface area contributed by atoms with Crippen molar-refractivity contribution < 1.29 is 4.79 Å². The third-order valence-corrected chi connectivity index (χ3v) is 2.70. The second-order valence-electron chi connectivity index (χ2n) is 3.14. The van der Waals surface area contributed by atoms with E-state index in [1.165, 1.54) is 11.8 Å². The lowest BCUT2D eigenvalue weighted by molar-refractivity contribution is -0.118. The van der Waals surface area contributed by atoms with Crippen molar-refractivity contribution in [3.8, 4) is 0 Å². The molecule has 11 heavy (non-hydrogen) atoms. The van der Waals surface area contributed by atoms with Crippen molar-refractivity contribution in [2.24, 2.45) is 11.1 Å². The van der Waals surface area contributed by atoms with E-state index >= 15 is 0 Å². The van der Waals surface area contributed by atoms with Gasteiger partial charge in [-0.25, -0.2) is 0 Å². The van der Waals surface area contributed by atoms with Crippen LogP contribution < -0.4 is 5.73 Å². The maximum Gasteiger partial charge on any atom is 0.194 e. The number of hydrogen-bond acceptors (Lipinski definition) is 3. The van der Waals surface area contributed by atoms with Crippen LogP contribution in [0.3, 0.4) is 0 Å². The Hall–Kier alpha value is -0.0200. The van der Waals surface area contributed by atoms with Crippen LogP contribution in [-0.4, -0.2) is 17.4 Å². The zero-order chi connectivity index (χ0) is 8.91. The summed E-state index contributed by atoms with van der Waals surface area (Å²) in [6.07, 6.45) is 0.777. The molecule has 0 fully saturated rings. The zero-order valence-electron chi connectivity index (χ0n) is 7.52. The molecule has 0 amide bonds. The zero-order valence-corrected chi connectivity index (χ0v) is 8.33. The molecule has 0 saturated heterocycles. The summed E-state index contributed by atoms with van der Waals surface area (Å²) in [5.74, 6) is 0.854. The average molecular weight is 175 g/mol. The van der Waals surface area contributed by atoms with Gasteiger partial charge in [-0.2, -0.15) is 0 Å². The van der Waals surface area contributed by atoms with Gasteiger partial charge in [0.2, 0.25) is 0 Å². The van der Waals surface area contributed by atoms with Gasteiger partial charge in [-0.3, -0.25) is 4.79 Å². The first-order valence-electron chi connectivity index (χ1n) is 3.92. The number of rotatable bonds is 4. The quantitative estimate of drug-likeness (QED) is 0.706. The highest BCUT2D eigenvalue weighted by Crippen LogP contribution is 2.26. The molecule has 2 nitrogen and oxygen atoms in total. The van der Waals surface area contributed by atoms with Crippen LogP contribution in [0, 0.1) is 5.41 Å². The van der Waals surface area contributed by atoms with Gasteiger partial charge in [-0.1, -0.05) is 32.5 Å². The number of hydrogen-bond donors (Lipinski definition) is 1. The minimum Gasteiger partial charge on any atom is -0.330 e. The van der Waals surface area contributed by atoms with Gasteiger partial charge in [-0.05, 0) is 18.7 Å². The molecule has 2 N–H and O–H groups in total. The number of thioether (sulfide) groups is 1. The van der Waals surface area contributed by atoms with Crippen molar-refractivity contribution in [3.63, 3.8) is 0 Å². The maximum absolute atomic E-state index is 11.4. The van der Waals surface area contributed by atoms with Gasteiger partial charge < -0.3 is 5.73 Å². The Bertz CT molecular complexity index is 134. The fraction of sp³-hybridized carbons (Fsp3) is 0.875. The normalized spacial score (nSPS) is 11.6. The van der Waals surface area contributed by atoms with Crippen LogP contribution in [0.4, 0.5) is 0 Å².